The number of rotatable bonds is 3. The highest BCUT2D eigenvalue weighted by molar-refractivity contribution is 9.10. The van der Waals surface area contributed by atoms with Gasteiger partial charge in [-0.3, -0.25) is 0 Å². The third-order valence-corrected chi connectivity index (χ3v) is 4.02. The summed E-state index contributed by atoms with van der Waals surface area (Å²) in [5, 5.41) is 3.01. The van der Waals surface area contributed by atoms with Gasteiger partial charge in [0.2, 0.25) is 0 Å². The minimum Gasteiger partial charge on any atom is -0.382 e. The molecule has 0 saturated heterocycles. The SMILES string of the molecule is CC(Nc1ccc(Br)cc1C(F)(F)F)C1CCC1. The third kappa shape index (κ3) is 2.99. The van der Waals surface area contributed by atoms with Crippen molar-refractivity contribution in [1.82, 2.24) is 0 Å². The van der Waals surface area contributed by atoms with Gasteiger partial charge in [-0.05, 0) is 43.9 Å². The predicted octanol–water partition coefficient (Wildman–Crippen LogP) is 5.07. The molecule has 0 spiro atoms. The average Bonchev–Trinajstić information content (AvgIpc) is 2.16. The maximum Gasteiger partial charge on any atom is 0.418 e. The Bertz CT molecular complexity index is 427. The number of benzene rings is 1. The number of alkyl halides is 3. The summed E-state index contributed by atoms with van der Waals surface area (Å²) in [4.78, 5) is 0. The lowest BCUT2D eigenvalue weighted by Crippen LogP contribution is -2.31. The summed E-state index contributed by atoms with van der Waals surface area (Å²) in [7, 11) is 0. The molecule has 0 aliphatic heterocycles. The van der Waals surface area contributed by atoms with Crippen LogP contribution in [0.2, 0.25) is 0 Å². The molecule has 5 heteroatoms. The highest BCUT2D eigenvalue weighted by Crippen LogP contribution is 2.38. The van der Waals surface area contributed by atoms with E-state index < -0.39 is 11.7 Å². The van der Waals surface area contributed by atoms with Gasteiger partial charge in [0.05, 0.1) is 5.56 Å². The van der Waals surface area contributed by atoms with E-state index >= 15 is 0 Å². The maximum atomic E-state index is 12.9. The topological polar surface area (TPSA) is 12.0 Å². The molecule has 1 atom stereocenters. The Morgan fingerprint density at radius 3 is 2.50 bits per heavy atom. The molecule has 0 bridgehead atoms. The van der Waals surface area contributed by atoms with Gasteiger partial charge in [-0.25, -0.2) is 0 Å². The summed E-state index contributed by atoms with van der Waals surface area (Å²) >= 11 is 3.08. The molecular weight excluding hydrogens is 307 g/mol. The third-order valence-electron chi connectivity index (χ3n) is 3.53. The summed E-state index contributed by atoms with van der Waals surface area (Å²) in [6.07, 6.45) is -0.938. The van der Waals surface area contributed by atoms with Crippen LogP contribution in [-0.2, 0) is 6.18 Å². The van der Waals surface area contributed by atoms with Gasteiger partial charge in [0.25, 0.3) is 0 Å². The molecule has 1 aliphatic carbocycles. The molecule has 1 saturated carbocycles. The van der Waals surface area contributed by atoms with Gasteiger partial charge in [0.15, 0.2) is 0 Å². The zero-order valence-corrected chi connectivity index (χ0v) is 11.6. The lowest BCUT2D eigenvalue weighted by molar-refractivity contribution is -0.137. The maximum absolute atomic E-state index is 12.9. The molecule has 0 radical (unpaired) electrons. The molecule has 100 valence electrons. The standard InChI is InChI=1S/C13H15BrF3N/c1-8(9-3-2-4-9)18-12-6-5-10(14)7-11(12)13(15,16)17/h5-9,18H,2-4H2,1H3. The van der Waals surface area contributed by atoms with Crippen molar-refractivity contribution < 1.29 is 13.2 Å². The van der Waals surface area contributed by atoms with Crippen LogP contribution in [0.1, 0.15) is 31.7 Å². The molecule has 0 amide bonds. The first-order valence-electron chi connectivity index (χ1n) is 6.01. The Morgan fingerprint density at radius 1 is 1.33 bits per heavy atom. The molecule has 1 N–H and O–H groups in total. The lowest BCUT2D eigenvalue weighted by Gasteiger charge is -2.33. The van der Waals surface area contributed by atoms with Crippen LogP contribution in [0.5, 0.6) is 0 Å². The van der Waals surface area contributed by atoms with Crippen molar-refractivity contribution in [2.24, 2.45) is 5.92 Å². The van der Waals surface area contributed by atoms with Crippen molar-refractivity contribution in [3.05, 3.63) is 28.2 Å². The number of hydrogen-bond donors (Lipinski definition) is 1. The fourth-order valence-corrected chi connectivity index (χ4v) is 2.54. The van der Waals surface area contributed by atoms with E-state index in [0.717, 1.165) is 18.9 Å². The molecule has 0 heterocycles. The van der Waals surface area contributed by atoms with E-state index in [9.17, 15) is 13.2 Å². The minimum absolute atomic E-state index is 0.0843. The van der Waals surface area contributed by atoms with E-state index in [1.807, 2.05) is 6.92 Å². The van der Waals surface area contributed by atoms with Gasteiger partial charge >= 0.3 is 6.18 Å². The number of halogens is 4. The van der Waals surface area contributed by atoms with Crippen LogP contribution in [0.15, 0.2) is 22.7 Å². The Balaban J connectivity index is 2.21. The largest absolute Gasteiger partial charge is 0.418 e. The van der Waals surface area contributed by atoms with Crippen LogP contribution in [0.3, 0.4) is 0 Å². The van der Waals surface area contributed by atoms with Crippen LogP contribution < -0.4 is 5.32 Å². The van der Waals surface area contributed by atoms with Crippen molar-refractivity contribution in [3.8, 4) is 0 Å². The zero-order chi connectivity index (χ0) is 13.3. The zero-order valence-electron chi connectivity index (χ0n) is 10.0. The van der Waals surface area contributed by atoms with Gasteiger partial charge in [-0.2, -0.15) is 13.2 Å². The quantitative estimate of drug-likeness (QED) is 0.819. The van der Waals surface area contributed by atoms with Gasteiger partial charge < -0.3 is 5.32 Å². The fourth-order valence-electron chi connectivity index (χ4n) is 2.18. The van der Waals surface area contributed by atoms with Gasteiger partial charge in [0.1, 0.15) is 0 Å². The second-order valence-electron chi connectivity index (χ2n) is 4.81. The molecular formula is C13H15BrF3N. The first kappa shape index (κ1) is 13.7. The molecule has 0 aromatic heterocycles. The first-order valence-corrected chi connectivity index (χ1v) is 6.80. The summed E-state index contributed by atoms with van der Waals surface area (Å²) < 4.78 is 39.2. The smallest absolute Gasteiger partial charge is 0.382 e. The summed E-state index contributed by atoms with van der Waals surface area (Å²) in [5.74, 6) is 0.495. The van der Waals surface area contributed by atoms with Crippen molar-refractivity contribution in [1.29, 1.82) is 0 Å². The van der Waals surface area contributed by atoms with Crippen molar-refractivity contribution in [2.75, 3.05) is 5.32 Å². The molecule has 18 heavy (non-hydrogen) atoms. The number of hydrogen-bond acceptors (Lipinski definition) is 1. The van der Waals surface area contributed by atoms with E-state index in [4.69, 9.17) is 0 Å². The van der Waals surface area contributed by atoms with Crippen LogP contribution in [0.4, 0.5) is 18.9 Å². The lowest BCUT2D eigenvalue weighted by atomic mass is 9.80. The first-order chi connectivity index (χ1) is 8.38. The summed E-state index contributed by atoms with van der Waals surface area (Å²) in [6.45, 7) is 1.95. The second-order valence-corrected chi connectivity index (χ2v) is 5.73. The Hall–Kier alpha value is -0.710. The Morgan fingerprint density at radius 2 is 2.00 bits per heavy atom. The van der Waals surface area contributed by atoms with E-state index in [1.165, 1.54) is 12.5 Å². The van der Waals surface area contributed by atoms with Gasteiger partial charge in [0, 0.05) is 16.2 Å². The molecule has 1 fully saturated rings. The van der Waals surface area contributed by atoms with Gasteiger partial charge in [-0.1, -0.05) is 22.4 Å². The Kier molecular flexibility index (Phi) is 3.90. The number of nitrogens with one attached hydrogen (secondary N) is 1. The van der Waals surface area contributed by atoms with Crippen LogP contribution in [0.25, 0.3) is 0 Å². The van der Waals surface area contributed by atoms with E-state index in [2.05, 4.69) is 21.2 Å². The average molecular weight is 322 g/mol. The van der Waals surface area contributed by atoms with E-state index in [0.29, 0.717) is 10.4 Å². The van der Waals surface area contributed by atoms with E-state index in [1.54, 1.807) is 6.07 Å². The van der Waals surface area contributed by atoms with Crippen LogP contribution in [-0.4, -0.2) is 6.04 Å². The van der Waals surface area contributed by atoms with E-state index in [-0.39, 0.29) is 11.7 Å². The summed E-state index contributed by atoms with van der Waals surface area (Å²) in [6, 6.07) is 4.32. The van der Waals surface area contributed by atoms with Crippen molar-refractivity contribution in [3.63, 3.8) is 0 Å². The Labute approximate surface area is 113 Å². The molecule has 1 aromatic carbocycles. The summed E-state index contributed by atoms with van der Waals surface area (Å²) in [5.41, 5.74) is -0.437. The second kappa shape index (κ2) is 5.11. The normalized spacial score (nSPS) is 18.3. The minimum atomic E-state index is -4.33. The molecule has 2 rings (SSSR count). The fraction of sp³-hybridized carbons (Fsp3) is 0.538. The number of anilines is 1. The highest BCUT2D eigenvalue weighted by atomic mass is 79.9. The predicted molar refractivity (Wildman–Crippen MR) is 69.6 cm³/mol. The monoisotopic (exact) mass is 321 g/mol. The molecule has 1 nitrogen and oxygen atoms in total. The van der Waals surface area contributed by atoms with Gasteiger partial charge in [-0.15, -0.1) is 0 Å². The van der Waals surface area contributed by atoms with Crippen molar-refractivity contribution >= 4 is 21.6 Å². The molecule has 1 aromatic rings. The molecule has 1 unspecified atom stereocenters. The van der Waals surface area contributed by atoms with Crippen molar-refractivity contribution in [2.45, 2.75) is 38.4 Å². The van der Waals surface area contributed by atoms with Crippen LogP contribution in [0, 0.1) is 5.92 Å². The van der Waals surface area contributed by atoms with Crippen LogP contribution >= 0.6 is 15.9 Å². The molecule has 1 aliphatic rings. The highest BCUT2D eigenvalue weighted by Gasteiger charge is 2.34.